The maximum Gasteiger partial charge on any atom is 0.319 e. The average Bonchev–Trinajstić information content (AvgIpc) is 3.10. The maximum atomic E-state index is 12.8. The smallest absolute Gasteiger partial charge is 0.319 e. The summed E-state index contributed by atoms with van der Waals surface area (Å²) in [6.07, 6.45) is 0.404. The normalized spacial score (nSPS) is 17.9. The summed E-state index contributed by atoms with van der Waals surface area (Å²) in [6.45, 7) is 6.30. The van der Waals surface area contributed by atoms with E-state index in [1.54, 1.807) is 12.1 Å². The van der Waals surface area contributed by atoms with Crippen LogP contribution in [0.15, 0.2) is 36.4 Å². The fraction of sp³-hybridized carbons (Fsp3) is 0.360. The van der Waals surface area contributed by atoms with Gasteiger partial charge < -0.3 is 20.6 Å². The molecule has 2 aliphatic heterocycles. The Bertz CT molecular complexity index is 1180. The lowest BCUT2D eigenvalue weighted by Crippen LogP contribution is -2.52. The molecule has 0 aromatic heterocycles. The van der Waals surface area contributed by atoms with Crippen LogP contribution in [0, 0.1) is 0 Å². The van der Waals surface area contributed by atoms with Crippen LogP contribution in [0.2, 0.25) is 0 Å². The SMILES string of the molecule is CC(C)(C)c1ccccc1NC(=O)NCc1ccc2c(c1O)CN(C1CCC(=O)NC1=O)C2=O. The molecular formula is C25H28N4O5. The highest BCUT2D eigenvalue weighted by molar-refractivity contribution is 6.05. The van der Waals surface area contributed by atoms with Crippen molar-refractivity contribution in [3.63, 3.8) is 0 Å². The number of amides is 5. The minimum Gasteiger partial charge on any atom is -0.507 e. The van der Waals surface area contributed by atoms with E-state index in [0.717, 1.165) is 5.56 Å². The van der Waals surface area contributed by atoms with Crippen molar-refractivity contribution in [2.24, 2.45) is 0 Å². The first-order chi connectivity index (χ1) is 16.1. The third-order valence-electron chi connectivity index (χ3n) is 6.20. The molecule has 0 spiro atoms. The van der Waals surface area contributed by atoms with Crippen molar-refractivity contribution in [3.8, 4) is 5.75 Å². The van der Waals surface area contributed by atoms with Gasteiger partial charge in [0.25, 0.3) is 5.91 Å². The molecule has 2 heterocycles. The van der Waals surface area contributed by atoms with Crippen LogP contribution in [0.4, 0.5) is 10.5 Å². The van der Waals surface area contributed by atoms with E-state index in [9.17, 15) is 24.3 Å². The Balaban J connectivity index is 1.44. The van der Waals surface area contributed by atoms with E-state index in [1.165, 1.54) is 4.90 Å². The molecule has 0 aliphatic carbocycles. The second-order valence-electron chi connectivity index (χ2n) is 9.60. The average molecular weight is 465 g/mol. The number of carbonyl (C=O) groups is 4. The van der Waals surface area contributed by atoms with Crippen LogP contribution >= 0.6 is 0 Å². The fourth-order valence-corrected chi connectivity index (χ4v) is 4.40. The first kappa shape index (κ1) is 23.3. The zero-order valence-electron chi connectivity index (χ0n) is 19.4. The van der Waals surface area contributed by atoms with Crippen LogP contribution < -0.4 is 16.0 Å². The summed E-state index contributed by atoms with van der Waals surface area (Å²) in [4.78, 5) is 50.4. The Morgan fingerprint density at radius 1 is 1.15 bits per heavy atom. The number of fused-ring (bicyclic) bond motifs is 1. The zero-order valence-corrected chi connectivity index (χ0v) is 19.4. The number of imide groups is 1. The minimum absolute atomic E-state index is 0.0508. The number of anilines is 1. The lowest BCUT2D eigenvalue weighted by Gasteiger charge is -2.29. The van der Waals surface area contributed by atoms with E-state index < -0.39 is 18.0 Å². The zero-order chi connectivity index (χ0) is 24.6. The first-order valence-corrected chi connectivity index (χ1v) is 11.2. The van der Waals surface area contributed by atoms with Crippen LogP contribution in [0.5, 0.6) is 5.75 Å². The molecule has 2 aromatic rings. The number of urea groups is 1. The number of hydrogen-bond acceptors (Lipinski definition) is 5. The van der Waals surface area contributed by atoms with E-state index in [0.29, 0.717) is 22.4 Å². The molecule has 0 bridgehead atoms. The van der Waals surface area contributed by atoms with Crippen molar-refractivity contribution < 1.29 is 24.3 Å². The predicted molar refractivity (Wildman–Crippen MR) is 125 cm³/mol. The van der Waals surface area contributed by atoms with Gasteiger partial charge in [-0.3, -0.25) is 19.7 Å². The molecule has 2 aliphatic rings. The number of aromatic hydroxyl groups is 1. The molecule has 5 amide bonds. The Hall–Kier alpha value is -3.88. The van der Waals surface area contributed by atoms with Crippen LogP contribution in [-0.4, -0.2) is 39.8 Å². The summed E-state index contributed by atoms with van der Waals surface area (Å²) in [5.74, 6) is -1.32. The molecule has 34 heavy (non-hydrogen) atoms. The van der Waals surface area contributed by atoms with E-state index in [-0.39, 0.29) is 48.9 Å². The Labute approximate surface area is 197 Å². The van der Waals surface area contributed by atoms with Gasteiger partial charge in [0.05, 0.1) is 6.54 Å². The monoisotopic (exact) mass is 464 g/mol. The summed E-state index contributed by atoms with van der Waals surface area (Å²) in [7, 11) is 0. The van der Waals surface area contributed by atoms with Crippen molar-refractivity contribution in [1.29, 1.82) is 0 Å². The first-order valence-electron chi connectivity index (χ1n) is 11.2. The summed E-state index contributed by atoms with van der Waals surface area (Å²) in [5.41, 5.74) is 2.73. The largest absolute Gasteiger partial charge is 0.507 e. The molecule has 178 valence electrons. The summed E-state index contributed by atoms with van der Waals surface area (Å²) in [5, 5.41) is 18.7. The van der Waals surface area contributed by atoms with Crippen molar-refractivity contribution in [1.82, 2.24) is 15.5 Å². The highest BCUT2D eigenvalue weighted by atomic mass is 16.3. The lowest BCUT2D eigenvalue weighted by atomic mass is 9.86. The van der Waals surface area contributed by atoms with Crippen molar-refractivity contribution in [2.45, 2.75) is 58.2 Å². The van der Waals surface area contributed by atoms with Gasteiger partial charge in [-0.1, -0.05) is 45.0 Å². The van der Waals surface area contributed by atoms with Gasteiger partial charge in [0.1, 0.15) is 11.8 Å². The Morgan fingerprint density at radius 3 is 2.59 bits per heavy atom. The van der Waals surface area contributed by atoms with Gasteiger partial charge in [-0.15, -0.1) is 0 Å². The van der Waals surface area contributed by atoms with Gasteiger partial charge in [0, 0.05) is 35.3 Å². The molecule has 1 unspecified atom stereocenters. The molecule has 1 atom stereocenters. The highest BCUT2D eigenvalue weighted by Gasteiger charge is 2.40. The number of nitrogens with one attached hydrogen (secondary N) is 3. The highest BCUT2D eigenvalue weighted by Crippen LogP contribution is 2.35. The van der Waals surface area contributed by atoms with Crippen LogP contribution in [0.25, 0.3) is 0 Å². The maximum absolute atomic E-state index is 12.8. The molecule has 4 N–H and O–H groups in total. The Kier molecular flexibility index (Phi) is 6.03. The Morgan fingerprint density at radius 2 is 1.88 bits per heavy atom. The number of nitrogens with zero attached hydrogens (tertiary/aromatic N) is 1. The molecule has 0 radical (unpaired) electrons. The van der Waals surface area contributed by atoms with E-state index >= 15 is 0 Å². The summed E-state index contributed by atoms with van der Waals surface area (Å²) < 4.78 is 0. The lowest BCUT2D eigenvalue weighted by molar-refractivity contribution is -0.136. The topological polar surface area (TPSA) is 128 Å². The number of rotatable bonds is 4. The molecule has 1 fully saturated rings. The summed E-state index contributed by atoms with van der Waals surface area (Å²) in [6, 6.07) is 9.57. The van der Waals surface area contributed by atoms with Gasteiger partial charge in [0.15, 0.2) is 0 Å². The van der Waals surface area contributed by atoms with Crippen LogP contribution in [0.3, 0.4) is 0 Å². The molecular weight excluding hydrogens is 436 g/mol. The quantitative estimate of drug-likeness (QED) is 0.518. The van der Waals surface area contributed by atoms with Crippen molar-refractivity contribution in [2.75, 3.05) is 5.32 Å². The number of para-hydroxylation sites is 1. The van der Waals surface area contributed by atoms with Gasteiger partial charge in [-0.2, -0.15) is 0 Å². The number of hydrogen-bond donors (Lipinski definition) is 4. The fourth-order valence-electron chi connectivity index (χ4n) is 4.40. The molecule has 2 aromatic carbocycles. The van der Waals surface area contributed by atoms with Crippen LogP contribution in [-0.2, 0) is 28.1 Å². The molecule has 9 nitrogen and oxygen atoms in total. The summed E-state index contributed by atoms with van der Waals surface area (Å²) >= 11 is 0. The van der Waals surface area contributed by atoms with Crippen molar-refractivity contribution in [3.05, 3.63) is 58.7 Å². The molecule has 9 heteroatoms. The number of benzene rings is 2. The van der Waals surface area contributed by atoms with Gasteiger partial charge in [0.2, 0.25) is 11.8 Å². The number of piperidine rings is 1. The van der Waals surface area contributed by atoms with E-state index in [4.69, 9.17) is 0 Å². The van der Waals surface area contributed by atoms with Gasteiger partial charge in [-0.05, 0) is 29.5 Å². The molecule has 4 rings (SSSR count). The van der Waals surface area contributed by atoms with Gasteiger partial charge in [-0.25, -0.2) is 4.79 Å². The molecule has 1 saturated heterocycles. The van der Waals surface area contributed by atoms with Crippen molar-refractivity contribution >= 4 is 29.4 Å². The standard InChI is InChI=1S/C25H28N4O5/c1-25(2,3)17-6-4-5-7-18(17)27-24(34)26-12-14-8-9-15-16(21(14)31)13-29(23(15)33)19-10-11-20(30)28-22(19)32/h4-9,19,31H,10-13H2,1-3H3,(H2,26,27,34)(H,28,30,32). The number of phenolic OH excluding ortho intramolecular Hbond substituents is 1. The second kappa shape index (κ2) is 8.81. The molecule has 0 saturated carbocycles. The second-order valence-corrected chi connectivity index (χ2v) is 9.60. The van der Waals surface area contributed by atoms with E-state index in [2.05, 4.69) is 36.7 Å². The van der Waals surface area contributed by atoms with Gasteiger partial charge >= 0.3 is 6.03 Å². The van der Waals surface area contributed by atoms with Crippen LogP contribution in [0.1, 0.15) is 60.7 Å². The minimum atomic E-state index is -0.757. The van der Waals surface area contributed by atoms with E-state index in [1.807, 2.05) is 24.3 Å². The number of carbonyl (C=O) groups excluding carboxylic acids is 4. The third-order valence-corrected chi connectivity index (χ3v) is 6.20. The third kappa shape index (κ3) is 4.46. The predicted octanol–water partition coefficient (Wildman–Crippen LogP) is 2.77. The number of phenols is 1.